The van der Waals surface area contributed by atoms with E-state index in [1.54, 1.807) is 20.8 Å². The Balaban J connectivity index is 1.68. The molecule has 188 valence electrons. The maximum absolute atomic E-state index is 13.2. The smallest absolute Gasteiger partial charge is 0.348 e. The molecular weight excluding hydrogens is 444 g/mol. The van der Waals surface area contributed by atoms with Gasteiger partial charge in [0.05, 0.1) is 18.6 Å². The highest BCUT2D eigenvalue weighted by Crippen LogP contribution is 2.72. The first kappa shape index (κ1) is 23.9. The molecule has 9 nitrogen and oxygen atoms in total. The number of allylic oxidation sites excluding steroid dienone is 1. The Morgan fingerprint density at radius 3 is 2.53 bits per heavy atom. The third kappa shape index (κ3) is 2.72. The summed E-state index contributed by atoms with van der Waals surface area (Å²) >= 11 is 0. The molecule has 0 radical (unpaired) electrons. The first-order valence-corrected chi connectivity index (χ1v) is 12.1. The van der Waals surface area contributed by atoms with Gasteiger partial charge in [-0.25, -0.2) is 4.79 Å². The third-order valence-electron chi connectivity index (χ3n) is 9.54. The Morgan fingerprint density at radius 2 is 1.88 bits per heavy atom. The quantitative estimate of drug-likeness (QED) is 0.496. The number of rotatable bonds is 3. The van der Waals surface area contributed by atoms with Crippen LogP contribution >= 0.6 is 0 Å². The molecule has 3 N–H and O–H groups in total. The van der Waals surface area contributed by atoms with Crippen LogP contribution < -0.4 is 0 Å². The highest BCUT2D eigenvalue weighted by molar-refractivity contribution is 5.96. The number of aliphatic hydroxyl groups is 3. The van der Waals surface area contributed by atoms with Gasteiger partial charge < -0.3 is 29.5 Å². The monoisotopic (exact) mass is 478 g/mol. The molecule has 2 saturated carbocycles. The molecule has 4 fully saturated rings. The molecule has 2 heterocycles. The minimum Gasteiger partial charge on any atom is -0.459 e. The standard InChI is InChI=1S/C25H34O9/c1-10(2)6-15(27)34-17-19-24(5)21(30)16(28)18-23(4)12(11(3)7-13(26)20(23)29)8-14(33-22(17)31)25(18,19)9-32-24/h7,10,12,14,16-21,28-30H,6,8-9H2,1-5H3/t12-,14+,16+,17?,18+,19-,20+,21-,23-,24-,25+/m0/s1. The summed E-state index contributed by atoms with van der Waals surface area (Å²) in [5.74, 6) is -3.71. The molecule has 9 heteroatoms. The molecule has 0 aromatic rings. The van der Waals surface area contributed by atoms with Gasteiger partial charge in [-0.1, -0.05) is 26.3 Å². The highest BCUT2D eigenvalue weighted by atomic mass is 16.6. The average Bonchev–Trinajstić information content (AvgIpc) is 3.01. The summed E-state index contributed by atoms with van der Waals surface area (Å²) in [5.41, 5.74) is -2.83. The maximum atomic E-state index is 13.2. The maximum Gasteiger partial charge on any atom is 0.348 e. The fourth-order valence-corrected chi connectivity index (χ4v) is 8.20. The second-order valence-electron chi connectivity index (χ2n) is 11.8. The summed E-state index contributed by atoms with van der Waals surface area (Å²) in [5, 5.41) is 34.0. The first-order chi connectivity index (χ1) is 15.8. The number of ketones is 1. The van der Waals surface area contributed by atoms with Gasteiger partial charge in [0, 0.05) is 23.2 Å². The second-order valence-corrected chi connectivity index (χ2v) is 11.8. The fraction of sp³-hybridized carbons (Fsp3) is 0.800. The fourth-order valence-electron chi connectivity index (χ4n) is 8.20. The van der Waals surface area contributed by atoms with Crippen molar-refractivity contribution in [2.24, 2.45) is 34.5 Å². The van der Waals surface area contributed by atoms with E-state index in [1.807, 2.05) is 13.8 Å². The summed E-state index contributed by atoms with van der Waals surface area (Å²) < 4.78 is 17.8. The van der Waals surface area contributed by atoms with Gasteiger partial charge in [0.25, 0.3) is 0 Å². The predicted molar refractivity (Wildman–Crippen MR) is 116 cm³/mol. The van der Waals surface area contributed by atoms with Crippen LogP contribution in [0.15, 0.2) is 11.6 Å². The summed E-state index contributed by atoms with van der Waals surface area (Å²) in [6.07, 6.45) is -4.36. The Hall–Kier alpha value is -1.81. The molecule has 3 aliphatic carbocycles. The van der Waals surface area contributed by atoms with Crippen molar-refractivity contribution in [2.75, 3.05) is 6.61 Å². The number of ether oxygens (including phenoxy) is 3. The number of fused-ring (bicyclic) bond motifs is 2. The molecule has 0 aromatic carbocycles. The van der Waals surface area contributed by atoms with Gasteiger partial charge in [0.15, 0.2) is 5.78 Å². The van der Waals surface area contributed by atoms with Crippen LogP contribution in [0.3, 0.4) is 0 Å². The number of carbonyl (C=O) groups excluding carboxylic acids is 3. The largest absolute Gasteiger partial charge is 0.459 e. The zero-order chi connectivity index (χ0) is 25.0. The molecule has 0 amide bonds. The van der Waals surface area contributed by atoms with Crippen molar-refractivity contribution in [1.82, 2.24) is 0 Å². The van der Waals surface area contributed by atoms with E-state index in [0.29, 0.717) is 6.42 Å². The van der Waals surface area contributed by atoms with Crippen molar-refractivity contribution < 1.29 is 43.9 Å². The van der Waals surface area contributed by atoms with Crippen molar-refractivity contribution in [3.63, 3.8) is 0 Å². The van der Waals surface area contributed by atoms with Gasteiger partial charge in [-0.05, 0) is 38.2 Å². The van der Waals surface area contributed by atoms with E-state index in [9.17, 15) is 29.7 Å². The molecule has 2 aliphatic heterocycles. The normalized spacial score (nSPS) is 51.4. The van der Waals surface area contributed by atoms with Gasteiger partial charge in [0.2, 0.25) is 6.10 Å². The summed E-state index contributed by atoms with van der Waals surface area (Å²) in [4.78, 5) is 38.6. The molecule has 2 bridgehead atoms. The average molecular weight is 479 g/mol. The summed E-state index contributed by atoms with van der Waals surface area (Å²) in [6, 6.07) is 0. The van der Waals surface area contributed by atoms with E-state index in [2.05, 4.69) is 0 Å². The SMILES string of the molecule is CC1=CC(=O)[C@@H](O)[C@]2(C)[C@H]3[C@@H](O)[C@H](O)[C@@]4(C)OC[C@@]35[C@@H](C[C@@H]12)OC(=O)C(OC(=O)CC(C)C)[C@@H]45. The molecule has 34 heavy (non-hydrogen) atoms. The lowest BCUT2D eigenvalue weighted by molar-refractivity contribution is -0.297. The predicted octanol–water partition coefficient (Wildman–Crippen LogP) is 0.529. The molecule has 1 unspecified atom stereocenters. The molecule has 5 aliphatic rings. The number of esters is 2. The van der Waals surface area contributed by atoms with E-state index >= 15 is 0 Å². The highest BCUT2D eigenvalue weighted by Gasteiger charge is 2.82. The second kappa shape index (κ2) is 7.35. The Morgan fingerprint density at radius 1 is 1.21 bits per heavy atom. The molecule has 11 atom stereocenters. The Kier molecular flexibility index (Phi) is 5.17. The minimum absolute atomic E-state index is 0.0145. The number of aliphatic hydroxyl groups excluding tert-OH is 3. The van der Waals surface area contributed by atoms with E-state index in [0.717, 1.165) is 5.57 Å². The zero-order valence-electron chi connectivity index (χ0n) is 20.2. The lowest BCUT2D eigenvalue weighted by Gasteiger charge is -2.68. The number of hydrogen-bond donors (Lipinski definition) is 3. The molecule has 0 aromatic heterocycles. The van der Waals surface area contributed by atoms with Crippen molar-refractivity contribution >= 4 is 17.7 Å². The van der Waals surface area contributed by atoms with Crippen LogP contribution in [0, 0.1) is 34.5 Å². The summed E-state index contributed by atoms with van der Waals surface area (Å²) in [6.45, 7) is 8.94. The van der Waals surface area contributed by atoms with E-state index < -0.39 is 76.5 Å². The molecule has 1 spiro atoms. The number of hydrogen-bond acceptors (Lipinski definition) is 9. The summed E-state index contributed by atoms with van der Waals surface area (Å²) in [7, 11) is 0. The lowest BCUT2D eigenvalue weighted by Crippen LogP contribution is -2.78. The van der Waals surface area contributed by atoms with Crippen molar-refractivity contribution in [1.29, 1.82) is 0 Å². The van der Waals surface area contributed by atoms with Gasteiger partial charge >= 0.3 is 11.9 Å². The Labute approximate surface area is 198 Å². The van der Waals surface area contributed by atoms with Gasteiger partial charge in [-0.15, -0.1) is 0 Å². The Bertz CT molecular complexity index is 973. The number of carbonyl (C=O) groups is 3. The zero-order valence-corrected chi connectivity index (χ0v) is 20.2. The van der Waals surface area contributed by atoms with Gasteiger partial charge in [0.1, 0.15) is 23.9 Å². The van der Waals surface area contributed by atoms with Crippen LogP contribution in [0.25, 0.3) is 0 Å². The van der Waals surface area contributed by atoms with Crippen LogP contribution in [-0.2, 0) is 28.6 Å². The van der Waals surface area contributed by atoms with Crippen LogP contribution in [0.1, 0.15) is 47.5 Å². The topological polar surface area (TPSA) is 140 Å². The minimum atomic E-state index is -1.43. The van der Waals surface area contributed by atoms with E-state index in [1.165, 1.54) is 6.08 Å². The van der Waals surface area contributed by atoms with Crippen molar-refractivity contribution in [3.05, 3.63) is 11.6 Å². The van der Waals surface area contributed by atoms with E-state index in [4.69, 9.17) is 14.2 Å². The van der Waals surface area contributed by atoms with Crippen molar-refractivity contribution in [2.45, 2.75) is 83.6 Å². The van der Waals surface area contributed by atoms with Crippen LogP contribution in [0.5, 0.6) is 0 Å². The van der Waals surface area contributed by atoms with Crippen LogP contribution in [0.2, 0.25) is 0 Å². The van der Waals surface area contributed by atoms with E-state index in [-0.39, 0.29) is 24.9 Å². The lowest BCUT2D eigenvalue weighted by atomic mass is 9.38. The molecular formula is C25H34O9. The van der Waals surface area contributed by atoms with Gasteiger partial charge in [-0.2, -0.15) is 0 Å². The van der Waals surface area contributed by atoms with Gasteiger partial charge in [-0.3, -0.25) is 9.59 Å². The van der Waals surface area contributed by atoms with Crippen molar-refractivity contribution in [3.8, 4) is 0 Å². The van der Waals surface area contributed by atoms with Crippen LogP contribution in [-0.4, -0.2) is 75.8 Å². The van der Waals surface area contributed by atoms with Crippen LogP contribution in [0.4, 0.5) is 0 Å². The first-order valence-electron chi connectivity index (χ1n) is 12.1. The third-order valence-corrected chi connectivity index (χ3v) is 9.54. The molecule has 5 rings (SSSR count). The molecule has 2 saturated heterocycles.